The van der Waals surface area contributed by atoms with Crippen molar-refractivity contribution in [3.63, 3.8) is 0 Å². The van der Waals surface area contributed by atoms with Crippen LogP contribution in [-0.2, 0) is 28.7 Å². The lowest BCUT2D eigenvalue weighted by Gasteiger charge is -2.34. The fourth-order valence-corrected chi connectivity index (χ4v) is 8.12. The van der Waals surface area contributed by atoms with Gasteiger partial charge in [-0.1, -0.05) is 42.5 Å². The van der Waals surface area contributed by atoms with Gasteiger partial charge in [0.05, 0.1) is 49.1 Å². The van der Waals surface area contributed by atoms with Gasteiger partial charge in [0.15, 0.2) is 0 Å². The second-order valence-corrected chi connectivity index (χ2v) is 16.5. The zero-order valence-corrected chi connectivity index (χ0v) is 39.5. The van der Waals surface area contributed by atoms with Crippen LogP contribution >= 0.6 is 0 Å². The third kappa shape index (κ3) is 13.7. The number of alkyl halides is 6. The molecule has 0 radical (unpaired) electrons. The highest BCUT2D eigenvalue weighted by Gasteiger charge is 2.42. The predicted octanol–water partition coefficient (Wildman–Crippen LogP) is 8.12. The number of alkyl carbamates (subject to hydrolysis) is 1. The molecule has 5 aromatic rings. The highest BCUT2D eigenvalue weighted by atomic mass is 19.4. The van der Waals surface area contributed by atoms with Crippen LogP contribution in [0.5, 0.6) is 0 Å². The number of likely N-dealkylation sites (N-methyl/N-ethyl adjacent to an activating group) is 1. The molecule has 4 amide bonds. The highest BCUT2D eigenvalue weighted by molar-refractivity contribution is 5.88. The molecule has 2 aliphatic rings. The van der Waals surface area contributed by atoms with Gasteiger partial charge in [0, 0.05) is 38.4 Å². The maximum Gasteiger partial charge on any atom is 0.490 e. The lowest BCUT2D eigenvalue weighted by atomic mass is 10.00. The number of aliphatic carboxylic acids is 2. The van der Waals surface area contributed by atoms with Crippen molar-refractivity contribution in [2.75, 3.05) is 34.4 Å². The number of likely N-dealkylation sites (tertiary alicyclic amines) is 2. The number of nitrogens with zero attached hydrogens (tertiary/aromatic N) is 5. The first-order valence-electron chi connectivity index (χ1n) is 22.1. The molecule has 2 saturated heterocycles. The van der Waals surface area contributed by atoms with Crippen molar-refractivity contribution < 1.29 is 88.7 Å². The number of methoxy groups -OCH3 is 2. The third-order valence-corrected chi connectivity index (χ3v) is 11.8. The Balaban J connectivity index is 0.000000636. The molecule has 2 fully saturated rings. The van der Waals surface area contributed by atoms with Gasteiger partial charge in [-0.2, -0.15) is 26.3 Å². The monoisotopic (exact) mass is 1050 g/mol. The number of nitrogens with one attached hydrogen (secondary N) is 3. The summed E-state index contributed by atoms with van der Waals surface area (Å²) in [6, 6.07) is 15.1. The minimum absolute atomic E-state index is 0.225. The number of hydrogen-bond donors (Lipinski definition) is 6. The fourth-order valence-electron chi connectivity index (χ4n) is 8.12. The van der Waals surface area contributed by atoms with E-state index in [1.54, 1.807) is 65.3 Å². The molecule has 3 aromatic carbocycles. The zero-order valence-electron chi connectivity index (χ0n) is 39.5. The Kier molecular flexibility index (Phi) is 18.5. The molecule has 0 spiro atoms. The number of aromatic amines is 2. The Bertz CT molecular complexity index is 2780. The number of ether oxygens (including phenoxy) is 2. The van der Waals surface area contributed by atoms with Crippen molar-refractivity contribution in [1.29, 1.82) is 0 Å². The van der Waals surface area contributed by atoms with E-state index in [4.69, 9.17) is 29.3 Å². The number of halogens is 8. The highest BCUT2D eigenvalue weighted by Crippen LogP contribution is 2.37. The summed E-state index contributed by atoms with van der Waals surface area (Å²) in [5.74, 6) is -6.47. The van der Waals surface area contributed by atoms with E-state index in [1.807, 2.05) is 6.07 Å². The number of rotatable bonds is 12. The molecule has 27 heteroatoms. The van der Waals surface area contributed by atoms with Gasteiger partial charge in [0.1, 0.15) is 35.4 Å². The molecule has 5 atom stereocenters. The molecule has 19 nitrogen and oxygen atoms in total. The van der Waals surface area contributed by atoms with Crippen LogP contribution in [0, 0.1) is 11.6 Å². The first kappa shape index (κ1) is 56.8. The van der Waals surface area contributed by atoms with E-state index < -0.39 is 84.3 Å². The van der Waals surface area contributed by atoms with Crippen LogP contribution in [0.25, 0.3) is 33.6 Å². The largest absolute Gasteiger partial charge is 0.490 e. The zero-order chi connectivity index (χ0) is 54.8. The number of aromatic nitrogens is 4. The Morgan fingerprint density at radius 3 is 1.53 bits per heavy atom. The fraction of sp³-hybridized carbons (Fsp3) is 0.362. The van der Waals surface area contributed by atoms with E-state index in [9.17, 15) is 50.6 Å². The van der Waals surface area contributed by atoms with Crippen LogP contribution < -0.4 is 5.32 Å². The van der Waals surface area contributed by atoms with Crippen LogP contribution in [0.1, 0.15) is 67.9 Å². The number of carboxylic acid groups (broad SMARTS) is 3. The van der Waals surface area contributed by atoms with E-state index in [-0.39, 0.29) is 17.0 Å². The molecule has 7 rings (SSSR count). The van der Waals surface area contributed by atoms with Gasteiger partial charge in [-0.15, -0.1) is 0 Å². The smallest absolute Gasteiger partial charge is 0.475 e. The number of carbonyl (C=O) groups excluding carboxylic acids is 3. The van der Waals surface area contributed by atoms with Crippen LogP contribution in [-0.4, -0.2) is 145 Å². The van der Waals surface area contributed by atoms with Gasteiger partial charge >= 0.3 is 36.5 Å². The van der Waals surface area contributed by atoms with E-state index in [0.29, 0.717) is 78.5 Å². The van der Waals surface area contributed by atoms with Crippen LogP contribution in [0.15, 0.2) is 79.1 Å². The van der Waals surface area contributed by atoms with Gasteiger partial charge in [-0.3, -0.25) is 14.5 Å². The summed E-state index contributed by atoms with van der Waals surface area (Å²) in [5, 5.41) is 26.5. The number of benzene rings is 3. The second-order valence-electron chi connectivity index (χ2n) is 16.5. The minimum Gasteiger partial charge on any atom is -0.475 e. The summed E-state index contributed by atoms with van der Waals surface area (Å²) in [6.45, 7) is 2.47. The van der Waals surface area contributed by atoms with Crippen LogP contribution in [0.4, 0.5) is 44.7 Å². The topological polar surface area (TPSA) is 261 Å². The molecule has 2 aromatic heterocycles. The molecule has 74 heavy (non-hydrogen) atoms. The number of imidazole rings is 2. The first-order valence-corrected chi connectivity index (χ1v) is 22.1. The summed E-state index contributed by atoms with van der Waals surface area (Å²) < 4.78 is 105. The van der Waals surface area contributed by atoms with Gasteiger partial charge in [0.25, 0.3) is 5.91 Å². The number of hydrogen-bond acceptors (Lipinski definition) is 10. The molecular formula is C47H48F8N8O11. The summed E-state index contributed by atoms with van der Waals surface area (Å²) in [4.78, 5) is 88.9. The molecule has 3 unspecified atom stereocenters. The molecule has 0 aliphatic carbocycles. The number of carboxylic acids is 2. The van der Waals surface area contributed by atoms with E-state index in [0.717, 1.165) is 4.90 Å². The predicted molar refractivity (Wildman–Crippen MR) is 242 cm³/mol. The normalized spacial score (nSPS) is 16.6. The van der Waals surface area contributed by atoms with Crippen LogP contribution in [0.3, 0.4) is 0 Å². The average Bonchev–Trinajstić information content (AvgIpc) is 4.21. The number of carbonyl (C=O) groups is 6. The lowest BCUT2D eigenvalue weighted by Crippen LogP contribution is -2.54. The first-order chi connectivity index (χ1) is 34.8. The van der Waals surface area contributed by atoms with Crippen molar-refractivity contribution in [2.24, 2.45) is 0 Å². The van der Waals surface area contributed by atoms with E-state index in [2.05, 4.69) is 25.3 Å². The van der Waals surface area contributed by atoms with Gasteiger partial charge < -0.3 is 49.9 Å². The lowest BCUT2D eigenvalue weighted by molar-refractivity contribution is -0.193. The van der Waals surface area contributed by atoms with Gasteiger partial charge in [-0.05, 0) is 73.6 Å². The van der Waals surface area contributed by atoms with E-state index in [1.165, 1.54) is 45.8 Å². The Hall–Kier alpha value is -8.10. The van der Waals surface area contributed by atoms with Crippen LogP contribution in [0.2, 0.25) is 0 Å². The van der Waals surface area contributed by atoms with Crippen molar-refractivity contribution >= 4 is 35.9 Å². The molecule has 0 saturated carbocycles. The Labute approximate surface area is 415 Å². The van der Waals surface area contributed by atoms with Crippen molar-refractivity contribution in [3.05, 3.63) is 108 Å². The average molecular weight is 1050 g/mol. The molecular weight excluding hydrogens is 1000 g/mol. The molecule has 2 aliphatic heterocycles. The van der Waals surface area contributed by atoms with Gasteiger partial charge in [0.2, 0.25) is 5.91 Å². The maximum absolute atomic E-state index is 15.8. The summed E-state index contributed by atoms with van der Waals surface area (Å²) in [7, 11) is 3.97. The third-order valence-electron chi connectivity index (χ3n) is 11.8. The second kappa shape index (κ2) is 24.1. The summed E-state index contributed by atoms with van der Waals surface area (Å²) >= 11 is 0. The standard InChI is InChI=1S/C43H46F2N8O7.2C2HF3O2/c1-24(59-3)37(51(2)43(57)58)41(55)53-19-9-13-35(53)39-47-23-33(49-39)29-17-15-27(21-31(29)45)26-14-16-28(30(44)20-26)32-22-46-38(48-32)34-12-8-18-52(34)40(54)36(50-42(56)60-4)25-10-6-5-7-11-25;2*3-2(4,5)1(6)7/h5-7,10-11,14-17,20-24,34-37H,8-9,12-13,18-19H2,1-4H3,(H,46,48)(H,47,49)(H,50,56)(H,57,58);2*(H,6,7)/t24-,34?,35?,36?,37+;;/m1../s1. The molecule has 6 N–H and O–H groups in total. The number of H-pyrrole nitrogens is 2. The Morgan fingerprint density at radius 2 is 1.15 bits per heavy atom. The maximum atomic E-state index is 15.8. The number of amides is 4. The van der Waals surface area contributed by atoms with E-state index >= 15 is 8.78 Å². The molecule has 4 heterocycles. The van der Waals surface area contributed by atoms with Crippen molar-refractivity contribution in [1.82, 2.24) is 40.0 Å². The summed E-state index contributed by atoms with van der Waals surface area (Å²) in [6.07, 6.45) is -7.30. The van der Waals surface area contributed by atoms with Crippen molar-refractivity contribution in [2.45, 2.75) is 75.2 Å². The van der Waals surface area contributed by atoms with Gasteiger partial charge in [-0.25, -0.2) is 37.9 Å². The molecule has 0 bridgehead atoms. The SMILES string of the molecule is COC(=O)NC(C(=O)N1CCCC1c1ncc(-c2ccc(-c3ccc(-c4cnc(C5CCCN5C(=O)[C@H]([C@@H](C)OC)N(C)C(=O)O)[nH]4)c(F)c3)cc2F)[nH]1)c1ccccc1.O=C(O)C(F)(F)F.O=C(O)C(F)(F)F. The van der Waals surface area contributed by atoms with Crippen molar-refractivity contribution in [3.8, 4) is 33.6 Å². The summed E-state index contributed by atoms with van der Waals surface area (Å²) in [5.41, 5.74) is 2.72. The quantitative estimate of drug-likeness (QED) is 0.0646. The minimum atomic E-state index is -5.08. The Morgan fingerprint density at radius 1 is 0.716 bits per heavy atom. The molecule has 398 valence electrons.